The molecule has 25 heteroatoms. The highest BCUT2D eigenvalue weighted by Crippen LogP contribution is 2.46. The Morgan fingerprint density at radius 3 is 1.99 bits per heavy atom. The van der Waals surface area contributed by atoms with Gasteiger partial charge in [-0.2, -0.15) is 8.42 Å². The van der Waals surface area contributed by atoms with Gasteiger partial charge in [0.05, 0.1) is 48.6 Å². The minimum Gasteiger partial charge on any atom is -0.492 e. The number of piperazine rings is 1. The zero-order valence-corrected chi connectivity index (χ0v) is 37.5. The number of aromatic carboxylic acids is 2. The molecule has 0 amide bonds. The van der Waals surface area contributed by atoms with E-state index in [2.05, 4.69) is 10.3 Å². The number of benzene rings is 2. The number of halogens is 4. The second kappa shape index (κ2) is 20.6. The summed E-state index contributed by atoms with van der Waals surface area (Å²) in [4.78, 5) is 56.2. The molecule has 0 spiro atoms. The molecule has 2 saturated heterocycles. The van der Waals surface area contributed by atoms with Gasteiger partial charge >= 0.3 is 11.9 Å². The topological polar surface area (TPSA) is 300 Å². The number of piperidine rings is 1. The fourth-order valence-corrected chi connectivity index (χ4v) is 8.11. The van der Waals surface area contributed by atoms with Crippen LogP contribution < -0.4 is 36.4 Å². The maximum atomic E-state index is 15.1. The number of aliphatic hydroxyl groups is 3. The number of ether oxygens (including phenoxy) is 1. The third kappa shape index (κ3) is 11.2. The van der Waals surface area contributed by atoms with Gasteiger partial charge in [-0.3, -0.25) is 18.7 Å². The number of pyridine rings is 3. The van der Waals surface area contributed by atoms with Crippen LogP contribution in [0.15, 0.2) is 52.3 Å². The highest BCUT2D eigenvalue weighted by Gasteiger charge is 2.54. The van der Waals surface area contributed by atoms with Crippen LogP contribution >= 0.6 is 0 Å². The summed E-state index contributed by atoms with van der Waals surface area (Å²) in [7, 11) is -2.21. The molecule has 9 rings (SSSR count). The highest BCUT2D eigenvalue weighted by molar-refractivity contribution is 7.85. The molecule has 2 aliphatic heterocycles. The summed E-state index contributed by atoms with van der Waals surface area (Å²) < 4.78 is 92.0. The zero-order valence-electron chi connectivity index (χ0n) is 36.6. The van der Waals surface area contributed by atoms with Gasteiger partial charge in [-0.1, -0.05) is 0 Å². The van der Waals surface area contributed by atoms with Gasteiger partial charge in [0.2, 0.25) is 10.9 Å². The number of rotatable bonds is 9. The van der Waals surface area contributed by atoms with Gasteiger partial charge in [0.25, 0.3) is 10.1 Å². The van der Waals surface area contributed by atoms with E-state index >= 15 is 4.39 Å². The van der Waals surface area contributed by atoms with Gasteiger partial charge in [-0.15, -0.1) is 0 Å². The lowest BCUT2D eigenvalue weighted by molar-refractivity contribution is 0.0450. The van der Waals surface area contributed by atoms with Crippen LogP contribution in [0.2, 0.25) is 0 Å². The number of fused-ring (bicyclic) bond motifs is 3. The van der Waals surface area contributed by atoms with Crippen molar-refractivity contribution in [1.82, 2.24) is 19.4 Å². The number of hydrogen-bond donors (Lipinski definition) is 8. The first-order valence-electron chi connectivity index (χ1n) is 20.9. The Morgan fingerprint density at radius 1 is 0.897 bits per heavy atom. The van der Waals surface area contributed by atoms with E-state index in [0.717, 1.165) is 54.4 Å². The van der Waals surface area contributed by atoms with Crippen LogP contribution in [0, 0.1) is 35.1 Å². The normalized spacial score (nSPS) is 19.6. The standard InChI is InChI=1S/C20H15F3N4O3.C19H22FN3O4.C3H8O3.CH4O3S/c21-8-1-2-15(13(22)3-8)27-7-12(20(29)30)17(28)9-4-14(23)19(25-18(9)27)26-5-10-11(6-26)16(10)24;1-10-8-22(6-5-21-10)16-14(20)7-12-15(18(16)27-2)23(11-3-4-11)9-13(17(12)24)19(25)26;4-1-3(6)2-5;1-5(2,3)4/h1-4,7,10-11,16H,5-6,24H2,(H,29,30);7,9-11,21H,3-6,8H2,1-2H3,(H,25,26);3-6H,1-2H2;1H3,(H,2,3,4)/t10-,11+,16+;;;. The second-order valence-electron chi connectivity index (χ2n) is 16.6. The SMILES string of the molecule is COc1c(N2CCNC(C)C2)c(F)cc2c(=O)c(C(=O)O)cn(C3CC3)c12.CS(=O)(=O)O.N[C@@H]1[C@H]2CN(c3nc4c(cc3F)c(=O)c(C(=O)O)cn4-c3ccc(F)cc3F)C[C@@H]12.OCC(O)CO. The lowest BCUT2D eigenvalue weighted by Crippen LogP contribution is -2.49. The number of carbonyl (C=O) groups is 2. The Hall–Kier alpha value is -6.22. The maximum Gasteiger partial charge on any atom is 0.341 e. The van der Waals surface area contributed by atoms with Crippen molar-refractivity contribution in [3.8, 4) is 11.4 Å². The van der Waals surface area contributed by atoms with Crippen LogP contribution in [0.4, 0.5) is 29.1 Å². The number of carboxylic acids is 2. The Bertz CT molecular complexity index is 2970. The molecule has 4 atom stereocenters. The molecular weight excluding hydrogens is 931 g/mol. The molecule has 2 saturated carbocycles. The number of methoxy groups -OCH3 is 1. The minimum atomic E-state index is -3.67. The van der Waals surface area contributed by atoms with Crippen molar-refractivity contribution in [1.29, 1.82) is 0 Å². The number of aliphatic hydroxyl groups excluding tert-OH is 3. The monoisotopic (exact) mass is 979 g/mol. The average Bonchev–Trinajstić information content (AvgIpc) is 4.17. The molecular formula is C43H49F4N7O13S. The number of nitrogens with zero attached hydrogens (tertiary/aromatic N) is 5. The second-order valence-corrected chi connectivity index (χ2v) is 18.1. The Morgan fingerprint density at radius 2 is 1.47 bits per heavy atom. The quantitative estimate of drug-likeness (QED) is 0.0770. The van der Waals surface area contributed by atoms with E-state index in [0.29, 0.717) is 55.5 Å². The number of carboxylic acid groups (broad SMARTS) is 2. The van der Waals surface area contributed by atoms with E-state index in [-0.39, 0.29) is 76.7 Å². The minimum absolute atomic E-state index is 0.0272. The van der Waals surface area contributed by atoms with Gasteiger partial charge < -0.3 is 55.7 Å². The van der Waals surface area contributed by atoms with E-state index in [9.17, 15) is 51.0 Å². The Labute approximate surface area is 384 Å². The fourth-order valence-electron chi connectivity index (χ4n) is 8.11. The molecule has 5 heterocycles. The van der Waals surface area contributed by atoms with Gasteiger partial charge in [-0.05, 0) is 55.9 Å². The molecule has 5 aromatic rings. The van der Waals surface area contributed by atoms with Crippen LogP contribution in [0.5, 0.6) is 5.75 Å². The van der Waals surface area contributed by atoms with E-state index < -0.39 is 67.9 Å². The first-order valence-corrected chi connectivity index (χ1v) is 22.8. The molecule has 2 aromatic carbocycles. The van der Waals surface area contributed by atoms with Crippen molar-refractivity contribution in [2.24, 2.45) is 17.6 Å². The molecule has 4 fully saturated rings. The summed E-state index contributed by atoms with van der Waals surface area (Å²) in [5, 5.41) is 45.8. The smallest absolute Gasteiger partial charge is 0.341 e. The largest absolute Gasteiger partial charge is 0.492 e. The van der Waals surface area contributed by atoms with E-state index in [4.69, 9.17) is 30.3 Å². The molecule has 1 unspecified atom stereocenters. The summed E-state index contributed by atoms with van der Waals surface area (Å²) in [6.07, 6.45) is 3.82. The van der Waals surface area contributed by atoms with Gasteiger partial charge in [-0.25, -0.2) is 32.1 Å². The summed E-state index contributed by atoms with van der Waals surface area (Å²) in [5.41, 5.74) is 3.70. The molecule has 0 bridgehead atoms. The van der Waals surface area contributed by atoms with Crippen LogP contribution in [0.25, 0.3) is 27.6 Å². The van der Waals surface area contributed by atoms with Gasteiger partial charge in [0.15, 0.2) is 28.8 Å². The Balaban J connectivity index is 0.000000185. The molecule has 368 valence electrons. The average molecular weight is 980 g/mol. The summed E-state index contributed by atoms with van der Waals surface area (Å²) in [6.45, 7) is 4.25. The molecule has 4 aliphatic rings. The number of nitrogens with two attached hydrogens (primary N) is 1. The molecule has 3 aromatic heterocycles. The van der Waals surface area contributed by atoms with Crippen molar-refractivity contribution in [3.05, 3.63) is 97.6 Å². The van der Waals surface area contributed by atoms with Gasteiger partial charge in [0.1, 0.15) is 34.6 Å². The lowest BCUT2D eigenvalue weighted by atomic mass is 10.1. The maximum absolute atomic E-state index is 15.1. The summed E-state index contributed by atoms with van der Waals surface area (Å²) in [6, 6.07) is 5.15. The highest BCUT2D eigenvalue weighted by atomic mass is 32.2. The zero-order chi connectivity index (χ0) is 50.1. The van der Waals surface area contributed by atoms with Crippen LogP contribution in [-0.2, 0) is 10.1 Å². The first kappa shape index (κ1) is 51.2. The van der Waals surface area contributed by atoms with Crippen LogP contribution in [0.3, 0.4) is 0 Å². The Kier molecular flexibility index (Phi) is 15.5. The van der Waals surface area contributed by atoms with Crippen molar-refractivity contribution in [3.63, 3.8) is 0 Å². The van der Waals surface area contributed by atoms with Crippen molar-refractivity contribution in [2.45, 2.75) is 44.0 Å². The molecule has 0 radical (unpaired) electrons. The molecule has 9 N–H and O–H groups in total. The number of nitrogens with one attached hydrogen (secondary N) is 1. The molecule has 2 aliphatic carbocycles. The van der Waals surface area contributed by atoms with Crippen molar-refractivity contribution >= 4 is 55.5 Å². The predicted octanol–water partition coefficient (Wildman–Crippen LogP) is 1.71. The third-order valence-electron chi connectivity index (χ3n) is 11.6. The van der Waals surface area contributed by atoms with E-state index in [1.54, 1.807) is 9.47 Å². The van der Waals surface area contributed by atoms with Crippen molar-refractivity contribution in [2.75, 3.05) is 69.1 Å². The lowest BCUT2D eigenvalue weighted by Gasteiger charge is -2.35. The van der Waals surface area contributed by atoms with E-state index in [1.165, 1.54) is 13.3 Å². The fraction of sp³-hybridized carbons (Fsp3) is 0.419. The van der Waals surface area contributed by atoms with Crippen LogP contribution in [-0.4, -0.2) is 142 Å². The number of aromatic nitrogens is 3. The van der Waals surface area contributed by atoms with E-state index in [1.807, 2.05) is 11.8 Å². The summed E-state index contributed by atoms with van der Waals surface area (Å²) >= 11 is 0. The molecule has 68 heavy (non-hydrogen) atoms. The van der Waals surface area contributed by atoms with Gasteiger partial charge in [0, 0.05) is 69.3 Å². The summed E-state index contributed by atoms with van der Waals surface area (Å²) in [5.74, 6) is -5.29. The molecule has 20 nitrogen and oxygen atoms in total. The van der Waals surface area contributed by atoms with Crippen molar-refractivity contribution < 1.29 is 70.4 Å². The van der Waals surface area contributed by atoms with Crippen LogP contribution in [0.1, 0.15) is 46.5 Å². The predicted molar refractivity (Wildman–Crippen MR) is 239 cm³/mol. The number of anilines is 2. The number of hydrogen-bond acceptors (Lipinski definition) is 15. The first-order chi connectivity index (χ1) is 32.0. The third-order valence-corrected chi connectivity index (χ3v) is 11.6.